The van der Waals surface area contributed by atoms with Crippen molar-refractivity contribution in [2.45, 2.75) is 24.8 Å². The molecular weight excluding hydrogens is 360 g/mol. The van der Waals surface area contributed by atoms with Crippen LogP contribution < -0.4 is 14.8 Å². The Morgan fingerprint density at radius 1 is 1.29 bits per heavy atom. The van der Waals surface area contributed by atoms with Gasteiger partial charge in [-0.15, -0.1) is 0 Å². The lowest BCUT2D eigenvalue weighted by Gasteiger charge is -2.20. The zero-order chi connectivity index (χ0) is 18.7. The van der Waals surface area contributed by atoms with E-state index in [1.54, 1.807) is 13.8 Å². The van der Waals surface area contributed by atoms with Crippen molar-refractivity contribution in [2.24, 2.45) is 5.92 Å². The quantitative estimate of drug-likeness (QED) is 0.653. The summed E-state index contributed by atoms with van der Waals surface area (Å²) >= 11 is 5.90. The SMILES string of the molecule is CNC(=O)c1cc(Cl)cc(S(=O)(=O)N[C@@H](C(=O)O)C(C)C)c1OC. The summed E-state index contributed by atoms with van der Waals surface area (Å²) in [7, 11) is -1.73. The highest BCUT2D eigenvalue weighted by Crippen LogP contribution is 2.32. The third-order valence-corrected chi connectivity index (χ3v) is 4.86. The van der Waals surface area contributed by atoms with E-state index in [1.165, 1.54) is 20.2 Å². The number of methoxy groups -OCH3 is 1. The molecule has 24 heavy (non-hydrogen) atoms. The minimum absolute atomic E-state index is 0.00815. The molecule has 0 aliphatic rings. The van der Waals surface area contributed by atoms with Gasteiger partial charge in [0.15, 0.2) is 5.75 Å². The Morgan fingerprint density at radius 2 is 1.88 bits per heavy atom. The van der Waals surface area contributed by atoms with Gasteiger partial charge in [0.2, 0.25) is 10.0 Å². The van der Waals surface area contributed by atoms with Crippen LogP contribution in [0, 0.1) is 5.92 Å². The fraction of sp³-hybridized carbons (Fsp3) is 0.429. The molecule has 0 saturated heterocycles. The molecule has 1 rings (SSSR count). The number of benzene rings is 1. The number of carbonyl (C=O) groups excluding carboxylic acids is 1. The summed E-state index contributed by atoms with van der Waals surface area (Å²) in [6.07, 6.45) is 0. The van der Waals surface area contributed by atoms with Crippen molar-refractivity contribution >= 4 is 33.5 Å². The van der Waals surface area contributed by atoms with E-state index < -0.39 is 38.8 Å². The summed E-state index contributed by atoms with van der Waals surface area (Å²) in [6, 6.07) is 1.01. The monoisotopic (exact) mass is 378 g/mol. The molecule has 0 saturated carbocycles. The highest BCUT2D eigenvalue weighted by atomic mass is 35.5. The first kappa shape index (κ1) is 20.2. The third kappa shape index (κ3) is 4.37. The van der Waals surface area contributed by atoms with Crippen LogP contribution in [-0.2, 0) is 14.8 Å². The Labute approximate surface area is 145 Å². The average Bonchev–Trinajstić information content (AvgIpc) is 2.50. The van der Waals surface area contributed by atoms with Crippen LogP contribution in [0.1, 0.15) is 24.2 Å². The van der Waals surface area contributed by atoms with Crippen LogP contribution in [0.25, 0.3) is 0 Å². The molecule has 0 unspecified atom stereocenters. The second kappa shape index (κ2) is 7.82. The van der Waals surface area contributed by atoms with Gasteiger partial charge in [-0.2, -0.15) is 4.72 Å². The third-order valence-electron chi connectivity index (χ3n) is 3.20. The lowest BCUT2D eigenvalue weighted by molar-refractivity contribution is -0.140. The number of carboxylic acid groups (broad SMARTS) is 1. The molecular formula is C14H19ClN2O6S. The van der Waals surface area contributed by atoms with Gasteiger partial charge in [-0.3, -0.25) is 9.59 Å². The number of ether oxygens (including phenoxy) is 1. The normalized spacial score (nSPS) is 12.8. The average molecular weight is 379 g/mol. The van der Waals surface area contributed by atoms with Crippen molar-refractivity contribution in [1.29, 1.82) is 0 Å². The number of halogens is 1. The molecule has 1 amide bonds. The largest absolute Gasteiger partial charge is 0.494 e. The Hall–Kier alpha value is -1.84. The molecule has 1 aromatic carbocycles. The van der Waals surface area contributed by atoms with Crippen LogP contribution in [0.4, 0.5) is 0 Å². The zero-order valence-corrected chi connectivity index (χ0v) is 15.2. The predicted octanol–water partition coefficient (Wildman–Crippen LogP) is 1.10. The van der Waals surface area contributed by atoms with E-state index in [4.69, 9.17) is 21.4 Å². The molecule has 1 atom stereocenters. The Kier molecular flexibility index (Phi) is 6.58. The zero-order valence-electron chi connectivity index (χ0n) is 13.6. The van der Waals surface area contributed by atoms with E-state index in [9.17, 15) is 18.0 Å². The first-order chi connectivity index (χ1) is 11.0. The lowest BCUT2D eigenvalue weighted by atomic mass is 10.1. The van der Waals surface area contributed by atoms with Gasteiger partial charge < -0.3 is 15.2 Å². The first-order valence-electron chi connectivity index (χ1n) is 6.89. The van der Waals surface area contributed by atoms with E-state index in [2.05, 4.69) is 10.0 Å². The van der Waals surface area contributed by atoms with Crippen molar-refractivity contribution in [2.75, 3.05) is 14.2 Å². The number of nitrogens with one attached hydrogen (secondary N) is 2. The molecule has 0 aromatic heterocycles. The molecule has 0 bridgehead atoms. The van der Waals surface area contributed by atoms with Gasteiger partial charge in [0.05, 0.1) is 12.7 Å². The fourth-order valence-electron chi connectivity index (χ4n) is 1.98. The number of carboxylic acids is 1. The van der Waals surface area contributed by atoms with Gasteiger partial charge in [0.1, 0.15) is 10.9 Å². The van der Waals surface area contributed by atoms with E-state index in [0.717, 1.165) is 6.07 Å². The van der Waals surface area contributed by atoms with Crippen LogP contribution in [0.2, 0.25) is 5.02 Å². The number of sulfonamides is 1. The Morgan fingerprint density at radius 3 is 2.29 bits per heavy atom. The Balaban J connectivity index is 3.51. The maximum Gasteiger partial charge on any atom is 0.322 e. The second-order valence-corrected chi connectivity index (χ2v) is 7.36. The lowest BCUT2D eigenvalue weighted by Crippen LogP contribution is -2.44. The topological polar surface area (TPSA) is 122 Å². The molecule has 0 aliphatic heterocycles. The maximum atomic E-state index is 12.6. The highest BCUT2D eigenvalue weighted by Gasteiger charge is 2.31. The van der Waals surface area contributed by atoms with Crippen molar-refractivity contribution in [3.8, 4) is 5.75 Å². The number of rotatable bonds is 7. The number of amides is 1. The molecule has 10 heteroatoms. The van der Waals surface area contributed by atoms with E-state index >= 15 is 0 Å². The minimum Gasteiger partial charge on any atom is -0.494 e. The van der Waals surface area contributed by atoms with Gasteiger partial charge in [0, 0.05) is 12.1 Å². The molecule has 0 spiro atoms. The second-order valence-electron chi connectivity index (χ2n) is 5.25. The van der Waals surface area contributed by atoms with Crippen LogP contribution in [0.5, 0.6) is 5.75 Å². The first-order valence-corrected chi connectivity index (χ1v) is 8.76. The molecule has 3 N–H and O–H groups in total. The summed E-state index contributed by atoms with van der Waals surface area (Å²) in [5.74, 6) is -2.63. The van der Waals surface area contributed by atoms with Gasteiger partial charge >= 0.3 is 5.97 Å². The van der Waals surface area contributed by atoms with Crippen LogP contribution in [0.3, 0.4) is 0 Å². The molecule has 0 aliphatic carbocycles. The van der Waals surface area contributed by atoms with Crippen molar-refractivity contribution in [3.63, 3.8) is 0 Å². The summed E-state index contributed by atoms with van der Waals surface area (Å²) in [5.41, 5.74) is -0.0794. The molecule has 0 radical (unpaired) electrons. The van der Waals surface area contributed by atoms with Crippen LogP contribution in [0.15, 0.2) is 17.0 Å². The van der Waals surface area contributed by atoms with Gasteiger partial charge in [-0.05, 0) is 18.1 Å². The maximum absolute atomic E-state index is 12.6. The smallest absolute Gasteiger partial charge is 0.322 e. The van der Waals surface area contributed by atoms with E-state index in [0.29, 0.717) is 0 Å². The number of hydrogen-bond acceptors (Lipinski definition) is 5. The van der Waals surface area contributed by atoms with Gasteiger partial charge in [-0.25, -0.2) is 8.42 Å². The van der Waals surface area contributed by atoms with Crippen molar-refractivity contribution in [1.82, 2.24) is 10.0 Å². The minimum atomic E-state index is -4.30. The molecule has 0 heterocycles. The summed E-state index contributed by atoms with van der Waals surface area (Å²) < 4.78 is 32.4. The van der Waals surface area contributed by atoms with Gasteiger partial charge in [0.25, 0.3) is 5.91 Å². The number of carbonyl (C=O) groups is 2. The van der Waals surface area contributed by atoms with E-state index in [-0.39, 0.29) is 16.3 Å². The standard InChI is InChI=1S/C14H19ClN2O6S/c1-7(2)11(14(19)20)17-24(21,22)10-6-8(15)5-9(12(10)23-4)13(18)16-3/h5-7,11,17H,1-4H3,(H,16,18)(H,19,20)/t11-/m1/s1. The molecule has 1 aromatic rings. The molecule has 8 nitrogen and oxygen atoms in total. The van der Waals surface area contributed by atoms with Crippen molar-refractivity contribution < 1.29 is 27.9 Å². The Bertz CT molecular complexity index is 748. The van der Waals surface area contributed by atoms with Crippen LogP contribution in [-0.4, -0.2) is 45.6 Å². The molecule has 0 fully saturated rings. The fourth-order valence-corrected chi connectivity index (χ4v) is 3.82. The highest BCUT2D eigenvalue weighted by molar-refractivity contribution is 7.89. The summed E-state index contributed by atoms with van der Waals surface area (Å²) in [5, 5.41) is 11.5. The van der Waals surface area contributed by atoms with Gasteiger partial charge in [-0.1, -0.05) is 25.4 Å². The number of hydrogen-bond donors (Lipinski definition) is 3. The summed E-state index contributed by atoms with van der Waals surface area (Å²) in [4.78, 5) is 22.7. The van der Waals surface area contributed by atoms with Crippen LogP contribution >= 0.6 is 11.6 Å². The van der Waals surface area contributed by atoms with E-state index in [1.807, 2.05) is 0 Å². The van der Waals surface area contributed by atoms with Crippen molar-refractivity contribution in [3.05, 3.63) is 22.7 Å². The summed E-state index contributed by atoms with van der Waals surface area (Å²) in [6.45, 7) is 3.12. The molecule has 134 valence electrons. The number of aliphatic carboxylic acids is 1. The predicted molar refractivity (Wildman–Crippen MR) is 88.0 cm³/mol.